The van der Waals surface area contributed by atoms with Crippen molar-refractivity contribution < 1.29 is 9.53 Å². The van der Waals surface area contributed by atoms with Gasteiger partial charge in [0.25, 0.3) is 0 Å². The van der Waals surface area contributed by atoms with Gasteiger partial charge in [0.1, 0.15) is 5.75 Å². The molecule has 0 saturated heterocycles. The van der Waals surface area contributed by atoms with Crippen LogP contribution in [0.4, 0.5) is 0 Å². The van der Waals surface area contributed by atoms with E-state index in [1.165, 1.54) is 5.56 Å². The van der Waals surface area contributed by atoms with E-state index >= 15 is 0 Å². The molecule has 0 aliphatic rings. The van der Waals surface area contributed by atoms with Crippen molar-refractivity contribution in [3.8, 4) is 5.75 Å². The summed E-state index contributed by atoms with van der Waals surface area (Å²) in [4.78, 5) is 11.2. The summed E-state index contributed by atoms with van der Waals surface area (Å²) in [7, 11) is 0. The highest BCUT2D eigenvalue weighted by Gasteiger charge is 2.01. The maximum Gasteiger partial charge on any atom is 0.223 e. The maximum atomic E-state index is 11.2. The third kappa shape index (κ3) is 4.89. The van der Waals surface area contributed by atoms with Crippen LogP contribution in [0.2, 0.25) is 0 Å². The summed E-state index contributed by atoms with van der Waals surface area (Å²) >= 11 is 0. The number of carbonyl (C=O) groups excluding carboxylic acids is 1. The Balaban J connectivity index is 2.35. The van der Waals surface area contributed by atoms with Crippen LogP contribution in [0, 0.1) is 0 Å². The van der Waals surface area contributed by atoms with E-state index in [1.54, 1.807) is 0 Å². The Kier molecular flexibility index (Phi) is 5.53. The fourth-order valence-corrected chi connectivity index (χ4v) is 1.50. The third-order valence-corrected chi connectivity index (χ3v) is 2.52. The molecule has 1 amide bonds. The van der Waals surface area contributed by atoms with E-state index in [-0.39, 0.29) is 5.91 Å². The van der Waals surface area contributed by atoms with Crippen molar-refractivity contribution in [1.82, 2.24) is 5.32 Å². The van der Waals surface area contributed by atoms with Gasteiger partial charge < -0.3 is 10.1 Å². The van der Waals surface area contributed by atoms with Crippen LogP contribution in [-0.2, 0) is 4.79 Å². The topological polar surface area (TPSA) is 38.3 Å². The first kappa shape index (κ1) is 13.6. The summed E-state index contributed by atoms with van der Waals surface area (Å²) < 4.78 is 5.50. The van der Waals surface area contributed by atoms with E-state index in [4.69, 9.17) is 4.74 Å². The summed E-state index contributed by atoms with van der Waals surface area (Å²) in [5.74, 6) is 1.38. The molecule has 0 aliphatic carbocycles. The van der Waals surface area contributed by atoms with Crippen LogP contribution in [-0.4, -0.2) is 19.1 Å². The molecule has 3 heteroatoms. The first-order valence-corrected chi connectivity index (χ1v) is 6.13. The van der Waals surface area contributed by atoms with Crippen LogP contribution in [0.15, 0.2) is 24.3 Å². The number of hydrogen-bond donors (Lipinski definition) is 1. The molecule has 0 heterocycles. The van der Waals surface area contributed by atoms with Crippen molar-refractivity contribution in [2.45, 2.75) is 33.1 Å². The third-order valence-electron chi connectivity index (χ3n) is 2.52. The second-order valence-corrected chi connectivity index (χ2v) is 4.28. The molecule has 3 nitrogen and oxygen atoms in total. The molecule has 1 rings (SSSR count). The molecule has 0 radical (unpaired) electrons. The summed E-state index contributed by atoms with van der Waals surface area (Å²) in [5, 5.41) is 2.74. The summed E-state index contributed by atoms with van der Waals surface area (Å²) in [6.07, 6.45) is 0.403. The zero-order valence-corrected chi connectivity index (χ0v) is 10.8. The molecule has 94 valence electrons. The molecule has 0 fully saturated rings. The zero-order chi connectivity index (χ0) is 12.7. The molecule has 0 aromatic heterocycles. The lowest BCUT2D eigenvalue weighted by atomic mass is 10.0. The van der Waals surface area contributed by atoms with Crippen molar-refractivity contribution in [3.63, 3.8) is 0 Å². The summed E-state index contributed by atoms with van der Waals surface area (Å²) in [6, 6.07) is 8.03. The van der Waals surface area contributed by atoms with Crippen molar-refractivity contribution in [2.24, 2.45) is 0 Å². The summed E-state index contributed by atoms with van der Waals surface area (Å²) in [5.41, 5.74) is 1.29. The number of benzene rings is 1. The minimum absolute atomic E-state index is 0.0336. The number of rotatable bonds is 6. The molecule has 1 aromatic rings. The molecular formula is C14H21NO2. The predicted molar refractivity (Wildman–Crippen MR) is 69.3 cm³/mol. The SMILES string of the molecule is CCNC(=O)CCOc1ccc(C(C)C)cc1. The second-order valence-electron chi connectivity index (χ2n) is 4.28. The standard InChI is InChI=1S/C14H21NO2/c1-4-15-14(16)9-10-17-13-7-5-12(6-8-13)11(2)3/h5-8,11H,4,9-10H2,1-3H3,(H,15,16). The molecular weight excluding hydrogens is 214 g/mol. The lowest BCUT2D eigenvalue weighted by Crippen LogP contribution is -2.24. The van der Waals surface area contributed by atoms with Crippen molar-refractivity contribution >= 4 is 5.91 Å². The molecule has 0 spiro atoms. The lowest BCUT2D eigenvalue weighted by Gasteiger charge is -2.08. The minimum atomic E-state index is 0.0336. The molecule has 0 bridgehead atoms. The molecule has 0 aliphatic heterocycles. The highest BCUT2D eigenvalue weighted by Crippen LogP contribution is 2.18. The van der Waals surface area contributed by atoms with Crippen LogP contribution in [0.3, 0.4) is 0 Å². The average molecular weight is 235 g/mol. The Morgan fingerprint density at radius 2 is 1.94 bits per heavy atom. The highest BCUT2D eigenvalue weighted by molar-refractivity contribution is 5.75. The number of amides is 1. The monoisotopic (exact) mass is 235 g/mol. The number of ether oxygens (including phenoxy) is 1. The van der Waals surface area contributed by atoms with Gasteiger partial charge in [-0.15, -0.1) is 0 Å². The molecule has 17 heavy (non-hydrogen) atoms. The molecule has 0 unspecified atom stereocenters. The minimum Gasteiger partial charge on any atom is -0.493 e. The van der Waals surface area contributed by atoms with Gasteiger partial charge in [-0.1, -0.05) is 26.0 Å². The van der Waals surface area contributed by atoms with Gasteiger partial charge in [0.05, 0.1) is 13.0 Å². The Hall–Kier alpha value is -1.51. The predicted octanol–water partition coefficient (Wildman–Crippen LogP) is 2.72. The van der Waals surface area contributed by atoms with Crippen molar-refractivity contribution in [2.75, 3.05) is 13.2 Å². The van der Waals surface area contributed by atoms with Crippen molar-refractivity contribution in [1.29, 1.82) is 0 Å². The van der Waals surface area contributed by atoms with Gasteiger partial charge in [0.15, 0.2) is 0 Å². The Morgan fingerprint density at radius 1 is 1.29 bits per heavy atom. The van der Waals surface area contributed by atoms with Gasteiger partial charge in [-0.05, 0) is 30.5 Å². The molecule has 1 aromatic carbocycles. The Labute approximate surface area is 103 Å². The van der Waals surface area contributed by atoms with E-state index in [2.05, 4.69) is 31.3 Å². The van der Waals surface area contributed by atoms with Crippen LogP contribution in [0.1, 0.15) is 38.7 Å². The fourth-order valence-electron chi connectivity index (χ4n) is 1.50. The molecule has 1 N–H and O–H groups in total. The highest BCUT2D eigenvalue weighted by atomic mass is 16.5. The Bertz CT molecular complexity index is 344. The normalized spacial score (nSPS) is 10.4. The largest absolute Gasteiger partial charge is 0.493 e. The smallest absolute Gasteiger partial charge is 0.223 e. The average Bonchev–Trinajstić information content (AvgIpc) is 2.30. The van der Waals surface area contributed by atoms with Crippen LogP contribution in [0.5, 0.6) is 5.75 Å². The maximum absolute atomic E-state index is 11.2. The quantitative estimate of drug-likeness (QED) is 0.823. The van der Waals surface area contributed by atoms with Crippen LogP contribution < -0.4 is 10.1 Å². The first-order chi connectivity index (χ1) is 8.13. The van der Waals surface area contributed by atoms with E-state index in [0.717, 1.165) is 5.75 Å². The lowest BCUT2D eigenvalue weighted by molar-refractivity contribution is -0.121. The van der Waals surface area contributed by atoms with E-state index in [0.29, 0.717) is 25.5 Å². The van der Waals surface area contributed by atoms with Crippen LogP contribution >= 0.6 is 0 Å². The van der Waals surface area contributed by atoms with Gasteiger partial charge in [0.2, 0.25) is 5.91 Å². The van der Waals surface area contributed by atoms with Gasteiger partial charge >= 0.3 is 0 Å². The first-order valence-electron chi connectivity index (χ1n) is 6.13. The van der Waals surface area contributed by atoms with E-state index in [1.807, 2.05) is 19.1 Å². The summed E-state index contributed by atoms with van der Waals surface area (Å²) in [6.45, 7) is 7.31. The second kappa shape index (κ2) is 6.94. The van der Waals surface area contributed by atoms with Crippen LogP contribution in [0.25, 0.3) is 0 Å². The Morgan fingerprint density at radius 3 is 2.47 bits per heavy atom. The van der Waals surface area contributed by atoms with Gasteiger partial charge in [-0.25, -0.2) is 0 Å². The number of nitrogens with one attached hydrogen (secondary N) is 1. The van der Waals surface area contributed by atoms with E-state index in [9.17, 15) is 4.79 Å². The zero-order valence-electron chi connectivity index (χ0n) is 10.8. The number of hydrogen-bond acceptors (Lipinski definition) is 2. The molecule has 0 atom stereocenters. The molecule has 0 saturated carbocycles. The van der Waals surface area contributed by atoms with Gasteiger partial charge in [-0.2, -0.15) is 0 Å². The fraction of sp³-hybridized carbons (Fsp3) is 0.500. The van der Waals surface area contributed by atoms with E-state index < -0.39 is 0 Å². The van der Waals surface area contributed by atoms with Gasteiger partial charge in [-0.3, -0.25) is 4.79 Å². The number of carbonyl (C=O) groups is 1. The van der Waals surface area contributed by atoms with Crippen molar-refractivity contribution in [3.05, 3.63) is 29.8 Å². The van der Waals surface area contributed by atoms with Gasteiger partial charge in [0, 0.05) is 6.54 Å².